The van der Waals surface area contributed by atoms with E-state index in [0.29, 0.717) is 73.2 Å². The SMILES string of the molecule is Cc1cc(N)nc(C)c1CN.Cc1cnc2c(C(C)(C)O)cc(Cc3cc(C(=O)NCc4c(C)cc(N)nc4C)ccn3)cc2c1.Cc1cnc2c(C(C)(C)O)cc(Cc3cc(C(=O)NCc4c(C)cc(N)nc4C)ccn3)cc2c1.Cc1cnc2c(C(C)(C)O)cc(Cc3cc(C(=O)O)ccn3)cc2c1. The van der Waals surface area contributed by atoms with Gasteiger partial charge in [-0.05, 0) is 262 Å². The molecular formula is C84H95N15O7. The van der Waals surface area contributed by atoms with E-state index in [1.165, 1.54) is 12.3 Å². The number of hydrogen-bond acceptors (Lipinski definition) is 19. The number of anilines is 3. The van der Waals surface area contributed by atoms with Crippen LogP contribution in [0.4, 0.5) is 17.5 Å². The number of nitrogen functional groups attached to an aromatic ring is 3. The van der Waals surface area contributed by atoms with E-state index in [1.807, 2.05) is 123 Å². The molecule has 9 heterocycles. The average Bonchev–Trinajstić information content (AvgIpc) is 0.773. The van der Waals surface area contributed by atoms with Crippen LogP contribution in [0.5, 0.6) is 0 Å². The number of aromatic carboxylic acids is 1. The van der Waals surface area contributed by atoms with Gasteiger partial charge in [-0.1, -0.05) is 18.2 Å². The third-order valence-electron chi connectivity index (χ3n) is 18.1. The largest absolute Gasteiger partial charge is 0.478 e. The highest BCUT2D eigenvalue weighted by atomic mass is 16.4. The number of nitrogens with two attached hydrogens (primary N) is 4. The van der Waals surface area contributed by atoms with Crippen LogP contribution < -0.4 is 33.6 Å². The van der Waals surface area contributed by atoms with Crippen molar-refractivity contribution in [1.82, 2.24) is 55.5 Å². The van der Waals surface area contributed by atoms with Crippen molar-refractivity contribution in [2.45, 2.75) is 160 Å². The van der Waals surface area contributed by atoms with Gasteiger partial charge in [0.1, 0.15) is 17.5 Å². The number of carbonyl (C=O) groups excluding carboxylic acids is 2. The van der Waals surface area contributed by atoms with Gasteiger partial charge in [0.2, 0.25) is 0 Å². The Morgan fingerprint density at radius 3 is 0.972 bits per heavy atom. The van der Waals surface area contributed by atoms with Gasteiger partial charge in [0, 0.05) is 154 Å². The molecule has 3 aromatic carbocycles. The van der Waals surface area contributed by atoms with Crippen molar-refractivity contribution in [3.05, 3.63) is 281 Å². The van der Waals surface area contributed by atoms with Gasteiger partial charge < -0.3 is 54.0 Å². The summed E-state index contributed by atoms with van der Waals surface area (Å²) in [7, 11) is 0. The highest BCUT2D eigenvalue weighted by Crippen LogP contribution is 2.34. The summed E-state index contributed by atoms with van der Waals surface area (Å²) in [4.78, 5) is 76.4. The van der Waals surface area contributed by atoms with Crippen LogP contribution in [0.2, 0.25) is 0 Å². The molecule has 0 aliphatic heterocycles. The Hall–Kier alpha value is -11.6. The third kappa shape index (κ3) is 20.2. The van der Waals surface area contributed by atoms with Crippen LogP contribution in [0.15, 0.2) is 146 Å². The van der Waals surface area contributed by atoms with E-state index in [-0.39, 0.29) is 17.4 Å². The molecule has 0 atom stereocenters. The molecule has 0 saturated heterocycles. The van der Waals surface area contributed by atoms with E-state index in [4.69, 9.17) is 28.0 Å². The first-order chi connectivity index (χ1) is 49.9. The van der Waals surface area contributed by atoms with Crippen molar-refractivity contribution in [2.75, 3.05) is 17.2 Å². The minimum Gasteiger partial charge on any atom is -0.478 e. The van der Waals surface area contributed by atoms with Crippen molar-refractivity contribution in [3.63, 3.8) is 0 Å². The smallest absolute Gasteiger partial charge is 0.335 e. The van der Waals surface area contributed by atoms with E-state index in [9.17, 15) is 29.7 Å². The second kappa shape index (κ2) is 33.0. The molecule has 0 unspecified atom stereocenters. The number of pyridine rings is 9. The second-order valence-corrected chi connectivity index (χ2v) is 28.7. The topological polar surface area (TPSA) is 376 Å². The number of aryl methyl sites for hydroxylation is 9. The molecule has 12 rings (SSSR count). The summed E-state index contributed by atoms with van der Waals surface area (Å²) in [5.74, 6) is 0.179. The third-order valence-corrected chi connectivity index (χ3v) is 18.1. The molecule has 22 heteroatoms. The number of amides is 2. The highest BCUT2D eigenvalue weighted by molar-refractivity contribution is 5.95. The average molecular weight is 1430 g/mol. The lowest BCUT2D eigenvalue weighted by molar-refractivity contribution is 0.0694. The molecule has 0 aliphatic rings. The number of rotatable bonds is 17. The highest BCUT2D eigenvalue weighted by Gasteiger charge is 2.25. The Morgan fingerprint density at radius 1 is 0.396 bits per heavy atom. The number of benzene rings is 3. The van der Waals surface area contributed by atoms with E-state index in [1.54, 1.807) is 90.5 Å². The molecular weight excluding hydrogens is 1330 g/mol. The molecule has 0 bridgehead atoms. The van der Waals surface area contributed by atoms with E-state index in [0.717, 1.165) is 145 Å². The number of aromatic nitrogens is 9. The van der Waals surface area contributed by atoms with Gasteiger partial charge in [-0.25, -0.2) is 19.7 Å². The summed E-state index contributed by atoms with van der Waals surface area (Å²) in [5, 5.41) is 50.0. The molecule has 0 saturated carbocycles. The molecule has 0 fully saturated rings. The fraction of sp³-hybridized carbons (Fsp3) is 0.286. The molecule has 9 aromatic heterocycles. The lowest BCUT2D eigenvalue weighted by Gasteiger charge is -2.21. The Balaban J connectivity index is 0.000000173. The van der Waals surface area contributed by atoms with E-state index in [2.05, 4.69) is 79.8 Å². The van der Waals surface area contributed by atoms with Gasteiger partial charge in [0.15, 0.2) is 0 Å². The molecule has 548 valence electrons. The lowest BCUT2D eigenvalue weighted by Crippen LogP contribution is -2.24. The molecule has 0 spiro atoms. The monoisotopic (exact) mass is 1430 g/mol. The summed E-state index contributed by atoms with van der Waals surface area (Å²) in [5.41, 5.74) is 42.4. The molecule has 14 N–H and O–H groups in total. The van der Waals surface area contributed by atoms with Crippen LogP contribution in [0.25, 0.3) is 32.7 Å². The summed E-state index contributed by atoms with van der Waals surface area (Å²) in [6.07, 6.45) is 11.7. The standard InChI is InChI=1S/2C28H31N5O2.C20H20N2O3.C8H13N3/c2*1-16-8-21-10-19(12-24(28(4,5)35)26(21)31-14-16)11-22-13-20(6-7-30-22)27(34)32-15-23-17(2)9-25(29)33-18(23)3;1-12-6-15-7-13(8-16-10-14(19(23)24)4-5-21-16)9-17(20(2,3)25)18(15)22-11-12;1-5-3-8(10)11-6(2)7(5)4-9/h2*6-10,12-14,35H,11,15H2,1-5H3,(H2,29,33)(H,32,34);4-7,9-11,25H,8H2,1-3H3,(H,23,24);3H,4,9H2,1-2H3,(H2,10,11). The number of carboxylic acid groups (broad SMARTS) is 1. The first kappa shape index (κ1) is 78.6. The zero-order chi connectivity index (χ0) is 77.3. The number of hydrogen-bond donors (Lipinski definition) is 10. The quantitative estimate of drug-likeness (QED) is 0.0405. The fourth-order valence-corrected chi connectivity index (χ4v) is 12.8. The second-order valence-electron chi connectivity index (χ2n) is 28.7. The molecule has 106 heavy (non-hydrogen) atoms. The number of carboxylic acids is 1. The van der Waals surface area contributed by atoms with E-state index >= 15 is 0 Å². The van der Waals surface area contributed by atoms with Gasteiger partial charge >= 0.3 is 5.97 Å². The van der Waals surface area contributed by atoms with Crippen molar-refractivity contribution in [3.8, 4) is 0 Å². The van der Waals surface area contributed by atoms with Gasteiger partial charge in [0.05, 0.1) is 38.9 Å². The molecule has 22 nitrogen and oxygen atoms in total. The van der Waals surface area contributed by atoms with E-state index < -0.39 is 22.8 Å². The van der Waals surface area contributed by atoms with Crippen molar-refractivity contribution in [1.29, 1.82) is 0 Å². The summed E-state index contributed by atoms with van der Waals surface area (Å²) >= 11 is 0. The molecule has 12 aromatic rings. The Labute approximate surface area is 618 Å². The Bertz CT molecular complexity index is 5000. The van der Waals surface area contributed by atoms with Gasteiger partial charge in [-0.3, -0.25) is 39.5 Å². The Kier molecular flexibility index (Phi) is 24.5. The Morgan fingerprint density at radius 2 is 0.689 bits per heavy atom. The minimum absolute atomic E-state index is 0.181. The number of nitrogens with one attached hydrogen (secondary N) is 2. The van der Waals surface area contributed by atoms with Crippen LogP contribution in [0, 0.1) is 62.3 Å². The maximum Gasteiger partial charge on any atom is 0.335 e. The van der Waals surface area contributed by atoms with Gasteiger partial charge in [-0.2, -0.15) is 0 Å². The molecule has 0 radical (unpaired) electrons. The zero-order valence-corrected chi connectivity index (χ0v) is 62.9. The summed E-state index contributed by atoms with van der Waals surface area (Å²) in [6, 6.07) is 33.7. The molecule has 2 amide bonds. The van der Waals surface area contributed by atoms with Crippen molar-refractivity contribution in [2.24, 2.45) is 5.73 Å². The van der Waals surface area contributed by atoms with Crippen molar-refractivity contribution < 1.29 is 34.8 Å². The number of fused-ring (bicyclic) bond motifs is 3. The maximum atomic E-state index is 12.9. The predicted octanol–water partition coefficient (Wildman–Crippen LogP) is 12.8. The first-order valence-electron chi connectivity index (χ1n) is 34.8. The number of carbonyl (C=O) groups is 3. The fourth-order valence-electron chi connectivity index (χ4n) is 12.8. The summed E-state index contributed by atoms with van der Waals surface area (Å²) in [6.45, 7) is 29.3. The number of nitrogens with zero attached hydrogens (tertiary/aromatic N) is 9. The normalized spacial score (nSPS) is 11.5. The van der Waals surface area contributed by atoms with Gasteiger partial charge in [-0.15, -0.1) is 0 Å². The van der Waals surface area contributed by atoms with Gasteiger partial charge in [0.25, 0.3) is 11.8 Å². The summed E-state index contributed by atoms with van der Waals surface area (Å²) < 4.78 is 0. The molecule has 0 aliphatic carbocycles. The van der Waals surface area contributed by atoms with Crippen LogP contribution in [-0.2, 0) is 55.7 Å². The first-order valence-corrected chi connectivity index (χ1v) is 34.8. The maximum absolute atomic E-state index is 12.9. The minimum atomic E-state index is -1.04. The predicted molar refractivity (Wildman–Crippen MR) is 418 cm³/mol. The van der Waals surface area contributed by atoms with Crippen LogP contribution >= 0.6 is 0 Å². The zero-order valence-electron chi connectivity index (χ0n) is 62.9. The number of aliphatic hydroxyl groups is 3. The van der Waals surface area contributed by atoms with Crippen LogP contribution in [0.1, 0.15) is 190 Å². The van der Waals surface area contributed by atoms with Crippen LogP contribution in [0.3, 0.4) is 0 Å². The van der Waals surface area contributed by atoms with Crippen LogP contribution in [-0.4, -0.2) is 83.1 Å². The van der Waals surface area contributed by atoms with Crippen molar-refractivity contribution >= 4 is 67.9 Å². The lowest BCUT2D eigenvalue weighted by atomic mass is 9.91.